The highest BCUT2D eigenvalue weighted by atomic mass is 28.1. The topological polar surface area (TPSA) is 46.6 Å². The first kappa shape index (κ1) is 15.8. The van der Waals surface area contributed by atoms with Gasteiger partial charge in [0.1, 0.15) is 11.6 Å². The highest BCUT2D eigenvalue weighted by molar-refractivity contribution is 6.10. The average molecular weight is 302 g/mol. The fourth-order valence-electron chi connectivity index (χ4n) is 2.49. The van der Waals surface area contributed by atoms with Gasteiger partial charge >= 0.3 is 6.09 Å². The Bertz CT molecular complexity index is 551. The van der Waals surface area contributed by atoms with Gasteiger partial charge in [0.2, 0.25) is 0 Å². The number of fused-ring (bicyclic) bond motifs is 1. The Kier molecular flexibility index (Phi) is 4.51. The van der Waals surface area contributed by atoms with Crippen molar-refractivity contribution in [2.24, 2.45) is 0 Å². The van der Waals surface area contributed by atoms with E-state index in [9.17, 15) is 9.59 Å². The maximum Gasteiger partial charge on any atom is 0.411 e. The second-order valence-corrected chi connectivity index (χ2v) is 6.68. The fraction of sp³-hybridized carbons (Fsp3) is 0.500. The number of ketones is 1. The van der Waals surface area contributed by atoms with Crippen LogP contribution in [0.2, 0.25) is 6.04 Å². The molecule has 1 atom stereocenters. The molecule has 1 aromatic carbocycles. The molecule has 0 aliphatic carbocycles. The van der Waals surface area contributed by atoms with Crippen molar-refractivity contribution >= 4 is 22.1 Å². The molecule has 21 heavy (non-hydrogen) atoms. The third-order valence-electron chi connectivity index (χ3n) is 3.31. The van der Waals surface area contributed by atoms with E-state index in [2.05, 4.69) is 10.2 Å². The van der Waals surface area contributed by atoms with Gasteiger partial charge in [-0.3, -0.25) is 9.69 Å². The Labute approximate surface area is 128 Å². The molecule has 1 aromatic rings. The van der Waals surface area contributed by atoms with Gasteiger partial charge in [-0.15, -0.1) is 0 Å². The first-order valence-corrected chi connectivity index (χ1v) is 7.79. The molecule has 1 unspecified atom stereocenters. The lowest BCUT2D eigenvalue weighted by molar-refractivity contribution is -0.123. The Hall–Kier alpha value is -1.62. The number of amides is 1. The van der Waals surface area contributed by atoms with E-state index in [1.807, 2.05) is 45.0 Å². The minimum absolute atomic E-state index is 0.0285. The van der Waals surface area contributed by atoms with E-state index in [-0.39, 0.29) is 5.78 Å². The zero-order valence-electron chi connectivity index (χ0n) is 12.7. The summed E-state index contributed by atoms with van der Waals surface area (Å²) in [6.45, 7) is 5.89. The first-order valence-electron chi connectivity index (χ1n) is 7.08. The molecule has 0 N–H and O–H groups in total. The van der Waals surface area contributed by atoms with Gasteiger partial charge in [0, 0.05) is 16.7 Å². The molecule has 1 aliphatic rings. The monoisotopic (exact) mass is 302 g/mol. The lowest BCUT2D eigenvalue weighted by Crippen LogP contribution is -2.38. The molecule has 0 saturated heterocycles. The Balaban J connectivity index is 2.29. The first-order chi connectivity index (χ1) is 9.83. The van der Waals surface area contributed by atoms with Crippen molar-refractivity contribution in [2.75, 3.05) is 0 Å². The van der Waals surface area contributed by atoms with E-state index in [4.69, 9.17) is 4.74 Å². The lowest BCUT2D eigenvalue weighted by Gasteiger charge is -2.28. The predicted octanol–water partition coefficient (Wildman–Crippen LogP) is 3.02. The molecule has 2 rings (SSSR count). The van der Waals surface area contributed by atoms with Gasteiger partial charge in [-0.2, -0.15) is 0 Å². The molecule has 5 heteroatoms. The SMILES string of the molecule is CC(C)(C)OC(=O)N1Cc2ccccc2C1C(=O)CC[Si]. The van der Waals surface area contributed by atoms with Crippen LogP contribution < -0.4 is 0 Å². The van der Waals surface area contributed by atoms with Crippen LogP contribution in [0.3, 0.4) is 0 Å². The molecule has 0 spiro atoms. The van der Waals surface area contributed by atoms with Crippen LogP contribution >= 0.6 is 0 Å². The van der Waals surface area contributed by atoms with Crippen molar-refractivity contribution in [3.8, 4) is 0 Å². The molecule has 3 radical (unpaired) electrons. The summed E-state index contributed by atoms with van der Waals surface area (Å²) < 4.78 is 5.43. The maximum absolute atomic E-state index is 12.4. The second kappa shape index (κ2) is 6.01. The van der Waals surface area contributed by atoms with Crippen LogP contribution in [-0.4, -0.2) is 32.6 Å². The maximum atomic E-state index is 12.4. The number of carbonyl (C=O) groups excluding carboxylic acids is 2. The largest absolute Gasteiger partial charge is 0.444 e. The van der Waals surface area contributed by atoms with Crippen LogP contribution in [0.1, 0.15) is 44.4 Å². The average Bonchev–Trinajstić information content (AvgIpc) is 2.76. The van der Waals surface area contributed by atoms with Crippen LogP contribution in [-0.2, 0) is 16.1 Å². The Morgan fingerprint density at radius 2 is 2.00 bits per heavy atom. The number of hydrogen-bond acceptors (Lipinski definition) is 3. The number of rotatable bonds is 3. The van der Waals surface area contributed by atoms with Crippen LogP contribution in [0.15, 0.2) is 24.3 Å². The molecular weight excluding hydrogens is 282 g/mol. The number of nitrogens with zero attached hydrogens (tertiary/aromatic N) is 1. The van der Waals surface area contributed by atoms with Crippen LogP contribution in [0.4, 0.5) is 4.79 Å². The molecule has 0 saturated carbocycles. The van der Waals surface area contributed by atoms with Gasteiger partial charge in [0.05, 0.1) is 6.54 Å². The summed E-state index contributed by atoms with van der Waals surface area (Å²) in [4.78, 5) is 26.3. The Morgan fingerprint density at radius 3 is 2.62 bits per heavy atom. The van der Waals surface area contributed by atoms with Gasteiger partial charge in [-0.25, -0.2) is 4.79 Å². The second-order valence-electron chi connectivity index (χ2n) is 6.18. The quantitative estimate of drug-likeness (QED) is 0.806. The van der Waals surface area contributed by atoms with Crippen molar-refractivity contribution in [2.45, 2.75) is 51.4 Å². The van der Waals surface area contributed by atoms with Gasteiger partial charge in [0.25, 0.3) is 0 Å². The van der Waals surface area contributed by atoms with Gasteiger partial charge in [0.15, 0.2) is 5.78 Å². The number of Topliss-reactive ketones (excluding diaryl/α,β-unsaturated/α-hetero) is 1. The third-order valence-corrected chi connectivity index (χ3v) is 3.56. The highest BCUT2D eigenvalue weighted by Crippen LogP contribution is 2.36. The van der Waals surface area contributed by atoms with E-state index in [1.54, 1.807) is 0 Å². The summed E-state index contributed by atoms with van der Waals surface area (Å²) in [6.07, 6.45) is -0.0548. The molecule has 111 valence electrons. The van der Waals surface area contributed by atoms with E-state index in [1.165, 1.54) is 4.90 Å². The normalized spacial score (nSPS) is 17.5. The fourth-order valence-corrected chi connectivity index (χ4v) is 2.73. The summed E-state index contributed by atoms with van der Waals surface area (Å²) in [5, 5.41) is 0. The van der Waals surface area contributed by atoms with Gasteiger partial charge in [-0.1, -0.05) is 30.3 Å². The summed E-state index contributed by atoms with van der Waals surface area (Å²) in [5.74, 6) is 0.0285. The lowest BCUT2D eigenvalue weighted by atomic mass is 10.0. The highest BCUT2D eigenvalue weighted by Gasteiger charge is 2.39. The van der Waals surface area contributed by atoms with Crippen molar-refractivity contribution in [1.29, 1.82) is 0 Å². The van der Waals surface area contributed by atoms with Crippen molar-refractivity contribution < 1.29 is 14.3 Å². The van der Waals surface area contributed by atoms with E-state index in [0.29, 0.717) is 19.0 Å². The zero-order chi connectivity index (χ0) is 15.6. The van der Waals surface area contributed by atoms with Crippen LogP contribution in [0, 0.1) is 0 Å². The molecule has 0 aromatic heterocycles. The molecule has 1 heterocycles. The minimum Gasteiger partial charge on any atom is -0.444 e. The number of ether oxygens (including phenoxy) is 1. The third kappa shape index (κ3) is 3.53. The molecule has 0 bridgehead atoms. The zero-order valence-corrected chi connectivity index (χ0v) is 13.7. The minimum atomic E-state index is -0.575. The van der Waals surface area contributed by atoms with E-state index < -0.39 is 17.7 Å². The predicted molar refractivity (Wildman–Crippen MR) is 81.1 cm³/mol. The number of benzene rings is 1. The van der Waals surface area contributed by atoms with E-state index in [0.717, 1.165) is 11.1 Å². The van der Waals surface area contributed by atoms with Crippen molar-refractivity contribution in [3.63, 3.8) is 0 Å². The van der Waals surface area contributed by atoms with E-state index >= 15 is 0 Å². The number of carbonyl (C=O) groups is 2. The van der Waals surface area contributed by atoms with Gasteiger partial charge in [-0.05, 0) is 31.9 Å². The standard InChI is InChI=1S/C16H20NO3Si/c1-16(2,3)20-15(19)17-10-11-6-4-5-7-12(11)14(17)13(18)8-9-21/h4-7,14H,8-10H2,1-3H3. The number of hydrogen-bond donors (Lipinski definition) is 0. The van der Waals surface area contributed by atoms with Crippen LogP contribution in [0.25, 0.3) is 0 Å². The van der Waals surface area contributed by atoms with Crippen LogP contribution in [0.5, 0.6) is 0 Å². The molecule has 4 nitrogen and oxygen atoms in total. The molecule has 0 fully saturated rings. The molecular formula is C16H20NO3Si. The smallest absolute Gasteiger partial charge is 0.411 e. The summed E-state index contributed by atoms with van der Waals surface area (Å²) >= 11 is 0. The summed E-state index contributed by atoms with van der Waals surface area (Å²) in [7, 11) is 3.34. The molecule has 1 aliphatic heterocycles. The summed E-state index contributed by atoms with van der Waals surface area (Å²) in [5.41, 5.74) is 1.35. The van der Waals surface area contributed by atoms with Crippen molar-refractivity contribution in [1.82, 2.24) is 4.90 Å². The Morgan fingerprint density at radius 1 is 1.33 bits per heavy atom. The van der Waals surface area contributed by atoms with Gasteiger partial charge < -0.3 is 4.74 Å². The molecule has 1 amide bonds. The summed E-state index contributed by atoms with van der Waals surface area (Å²) in [6, 6.07) is 7.73. The van der Waals surface area contributed by atoms with Crippen molar-refractivity contribution in [3.05, 3.63) is 35.4 Å².